The summed E-state index contributed by atoms with van der Waals surface area (Å²) in [6.45, 7) is 0. The molecule has 0 saturated carbocycles. The molecule has 0 bridgehead atoms. The van der Waals surface area contributed by atoms with Crippen molar-refractivity contribution in [3.8, 4) is 73.7 Å². The zero-order valence-corrected chi connectivity index (χ0v) is 29.6. The summed E-state index contributed by atoms with van der Waals surface area (Å²) < 4.78 is 15.5. The van der Waals surface area contributed by atoms with E-state index in [4.69, 9.17) is 19.4 Å². The molecule has 0 N–H and O–H groups in total. The Bertz CT molecular complexity index is 3010. The molecule has 5 heteroatoms. The Balaban J connectivity index is 0.962. The fraction of sp³-hybridized carbons (Fsp3) is 0. The van der Waals surface area contributed by atoms with Crippen molar-refractivity contribution in [2.75, 3.05) is 0 Å². The number of fused-ring (bicyclic) bond motifs is 7. The van der Waals surface area contributed by atoms with Gasteiger partial charge in [-0.3, -0.25) is 0 Å². The zero-order valence-electron chi connectivity index (χ0n) is 29.6. The number of nitrogens with zero attached hydrogens (tertiary/aromatic N) is 3. The van der Waals surface area contributed by atoms with Crippen molar-refractivity contribution >= 4 is 32.6 Å². The second-order valence-corrected chi connectivity index (χ2v) is 13.8. The van der Waals surface area contributed by atoms with Gasteiger partial charge in [0.2, 0.25) is 0 Å². The summed E-state index contributed by atoms with van der Waals surface area (Å²) in [6.07, 6.45) is 0. The van der Waals surface area contributed by atoms with E-state index in [1.807, 2.05) is 54.6 Å². The topological polar surface area (TPSA) is 49.2 Å². The Morgan fingerprint density at radius 3 is 1.58 bits per heavy atom. The SMILES string of the molecule is c1ccc(-c2cc(-c3ccccc3)nc(-c3ccc(-c4ccc(-n5c6ccccc6c6ccc7c(c65)Oc5cc6ccccc6cc5O7)cc4)cc3)n2)cc1. The fourth-order valence-electron chi connectivity index (χ4n) is 7.75. The lowest BCUT2D eigenvalue weighted by atomic mass is 10.0. The first kappa shape index (κ1) is 31.1. The lowest BCUT2D eigenvalue weighted by Crippen LogP contribution is -2.02. The van der Waals surface area contributed by atoms with Crippen molar-refractivity contribution in [3.05, 3.63) is 188 Å². The van der Waals surface area contributed by atoms with Gasteiger partial charge in [-0.15, -0.1) is 0 Å². The van der Waals surface area contributed by atoms with Crippen LogP contribution in [0.5, 0.6) is 23.0 Å². The number of rotatable bonds is 5. The van der Waals surface area contributed by atoms with Gasteiger partial charge in [0, 0.05) is 33.2 Å². The number of para-hydroxylation sites is 1. The average Bonchev–Trinajstić information content (AvgIpc) is 3.60. The molecule has 0 unspecified atom stereocenters. The highest BCUT2D eigenvalue weighted by molar-refractivity contribution is 6.12. The van der Waals surface area contributed by atoms with Crippen LogP contribution in [0.2, 0.25) is 0 Å². The summed E-state index contributed by atoms with van der Waals surface area (Å²) in [5.41, 5.74) is 10.2. The minimum absolute atomic E-state index is 0.693. The Morgan fingerprint density at radius 2 is 0.927 bits per heavy atom. The van der Waals surface area contributed by atoms with Crippen LogP contribution in [0.15, 0.2) is 188 Å². The number of aromatic nitrogens is 3. The van der Waals surface area contributed by atoms with E-state index < -0.39 is 0 Å². The molecule has 0 atom stereocenters. The number of hydrogen-bond donors (Lipinski definition) is 0. The maximum Gasteiger partial charge on any atom is 0.194 e. The molecule has 1 aliphatic rings. The fourth-order valence-corrected chi connectivity index (χ4v) is 7.75. The molecule has 258 valence electrons. The van der Waals surface area contributed by atoms with Gasteiger partial charge in [-0.2, -0.15) is 0 Å². The molecule has 3 heterocycles. The molecule has 0 saturated heterocycles. The summed E-state index contributed by atoms with van der Waals surface area (Å²) in [6, 6.07) is 64.9. The van der Waals surface area contributed by atoms with Crippen molar-refractivity contribution in [2.45, 2.75) is 0 Å². The Kier molecular flexibility index (Phi) is 7.10. The summed E-state index contributed by atoms with van der Waals surface area (Å²) in [5, 5.41) is 4.48. The largest absolute Gasteiger partial charge is 0.449 e. The molecule has 10 aromatic rings. The quantitative estimate of drug-likeness (QED) is 0.179. The Morgan fingerprint density at radius 1 is 0.382 bits per heavy atom. The monoisotopic (exact) mass is 705 g/mol. The van der Waals surface area contributed by atoms with Gasteiger partial charge in [0.1, 0.15) is 5.52 Å². The molecule has 0 fully saturated rings. The maximum absolute atomic E-state index is 6.74. The molecular weight excluding hydrogens is 675 g/mol. The van der Waals surface area contributed by atoms with Crippen LogP contribution in [0, 0.1) is 0 Å². The lowest BCUT2D eigenvalue weighted by Gasteiger charge is -2.23. The van der Waals surface area contributed by atoms with Crippen LogP contribution in [0.25, 0.3) is 83.3 Å². The van der Waals surface area contributed by atoms with Crippen LogP contribution < -0.4 is 9.47 Å². The first-order chi connectivity index (χ1) is 27.2. The molecule has 0 amide bonds. The van der Waals surface area contributed by atoms with Gasteiger partial charge in [0.25, 0.3) is 0 Å². The van der Waals surface area contributed by atoms with Gasteiger partial charge in [-0.05, 0) is 70.4 Å². The van der Waals surface area contributed by atoms with Gasteiger partial charge >= 0.3 is 0 Å². The van der Waals surface area contributed by atoms with Crippen LogP contribution >= 0.6 is 0 Å². The molecule has 0 spiro atoms. The second kappa shape index (κ2) is 12.6. The maximum atomic E-state index is 6.74. The van der Waals surface area contributed by atoms with E-state index in [1.165, 1.54) is 0 Å². The van der Waals surface area contributed by atoms with Crippen LogP contribution in [-0.2, 0) is 0 Å². The first-order valence-electron chi connectivity index (χ1n) is 18.4. The Labute approximate surface area is 317 Å². The van der Waals surface area contributed by atoms with Crippen LogP contribution in [0.3, 0.4) is 0 Å². The van der Waals surface area contributed by atoms with Crippen molar-refractivity contribution in [1.82, 2.24) is 14.5 Å². The third-order valence-corrected chi connectivity index (χ3v) is 10.5. The molecular formula is C50H31N3O2. The van der Waals surface area contributed by atoms with Gasteiger partial charge in [-0.1, -0.05) is 140 Å². The van der Waals surface area contributed by atoms with E-state index in [9.17, 15) is 0 Å². The normalized spacial score (nSPS) is 11.9. The van der Waals surface area contributed by atoms with Crippen molar-refractivity contribution in [2.24, 2.45) is 0 Å². The van der Waals surface area contributed by atoms with Gasteiger partial charge in [0.05, 0.1) is 16.9 Å². The number of benzene rings is 8. The van der Waals surface area contributed by atoms with Crippen molar-refractivity contribution in [3.63, 3.8) is 0 Å². The smallest absolute Gasteiger partial charge is 0.194 e. The van der Waals surface area contributed by atoms with Crippen molar-refractivity contribution < 1.29 is 9.47 Å². The number of ether oxygens (including phenoxy) is 2. The van der Waals surface area contributed by atoms with Gasteiger partial charge in [-0.25, -0.2) is 9.97 Å². The predicted octanol–water partition coefficient (Wildman–Crippen LogP) is 13.3. The molecule has 2 aromatic heterocycles. The summed E-state index contributed by atoms with van der Waals surface area (Å²) in [7, 11) is 0. The molecule has 1 aliphatic heterocycles. The minimum atomic E-state index is 0.693. The minimum Gasteiger partial charge on any atom is -0.449 e. The Hall–Kier alpha value is -7.50. The average molecular weight is 706 g/mol. The molecule has 11 rings (SSSR count). The summed E-state index contributed by atoms with van der Waals surface area (Å²) in [5.74, 6) is 3.53. The standard InChI is InChI=1S/C50H31N3O2/c1-3-11-34(12-4-1)42-31-43(35-13-5-2-6-14-35)52-50(51-42)36-21-19-32(20-22-36)33-23-25-39(26-24-33)53-44-18-10-9-17-40(44)41-27-28-45-49(48(41)53)55-47-30-38-16-8-7-15-37(38)29-46(47)54-45/h1-31H. The molecule has 8 aromatic carbocycles. The van der Waals surface area contributed by atoms with E-state index in [1.54, 1.807) is 0 Å². The first-order valence-corrected chi connectivity index (χ1v) is 18.4. The third-order valence-electron chi connectivity index (χ3n) is 10.5. The second-order valence-electron chi connectivity index (χ2n) is 13.8. The van der Waals surface area contributed by atoms with Gasteiger partial charge in [0.15, 0.2) is 28.8 Å². The van der Waals surface area contributed by atoms with E-state index >= 15 is 0 Å². The summed E-state index contributed by atoms with van der Waals surface area (Å²) >= 11 is 0. The molecule has 0 aliphatic carbocycles. The van der Waals surface area contributed by atoms with E-state index in [-0.39, 0.29) is 0 Å². The highest BCUT2D eigenvalue weighted by Crippen LogP contribution is 2.51. The van der Waals surface area contributed by atoms with E-state index in [2.05, 4.69) is 138 Å². The zero-order chi connectivity index (χ0) is 36.3. The van der Waals surface area contributed by atoms with Crippen molar-refractivity contribution in [1.29, 1.82) is 0 Å². The number of hydrogen-bond acceptors (Lipinski definition) is 4. The van der Waals surface area contributed by atoms with Crippen LogP contribution in [0.1, 0.15) is 0 Å². The third kappa shape index (κ3) is 5.33. The highest BCUT2D eigenvalue weighted by atomic mass is 16.6. The van der Waals surface area contributed by atoms with E-state index in [0.717, 1.165) is 83.2 Å². The molecule has 5 nitrogen and oxygen atoms in total. The van der Waals surface area contributed by atoms with E-state index in [0.29, 0.717) is 23.1 Å². The highest BCUT2D eigenvalue weighted by Gasteiger charge is 2.26. The lowest BCUT2D eigenvalue weighted by molar-refractivity contribution is 0.363. The van der Waals surface area contributed by atoms with Crippen LogP contribution in [0.4, 0.5) is 0 Å². The molecule has 0 radical (unpaired) electrons. The predicted molar refractivity (Wildman–Crippen MR) is 222 cm³/mol. The summed E-state index contributed by atoms with van der Waals surface area (Å²) in [4.78, 5) is 10.0. The molecule has 55 heavy (non-hydrogen) atoms. The van der Waals surface area contributed by atoms with Crippen LogP contribution in [-0.4, -0.2) is 14.5 Å². The van der Waals surface area contributed by atoms with Gasteiger partial charge < -0.3 is 14.0 Å².